The molecular weight excluding hydrogens is 595 g/mol. The lowest BCUT2D eigenvalue weighted by molar-refractivity contribution is -0.141. The number of nitrogens with zero attached hydrogens (tertiary/aromatic N) is 3. The minimum atomic E-state index is -5.19. The Balaban J connectivity index is 1.82. The molecule has 7 nitrogen and oxygen atoms in total. The normalized spacial score (nSPS) is 17.2. The third-order valence-corrected chi connectivity index (χ3v) is 7.90. The number of hydrogen-bond donors (Lipinski definition) is 2. The molecule has 230 valence electrons. The molecule has 0 unspecified atom stereocenters. The van der Waals surface area contributed by atoms with Crippen molar-refractivity contribution in [2.45, 2.75) is 50.9 Å². The van der Waals surface area contributed by atoms with Crippen LogP contribution in [0.5, 0.6) is 0 Å². The first kappa shape index (κ1) is 32.2. The molecule has 0 saturated carbocycles. The number of nitrogens with one attached hydrogen (secondary N) is 1. The van der Waals surface area contributed by atoms with E-state index < -0.39 is 40.3 Å². The fraction of sp³-hybridized carbons (Fsp3) is 0.367. The van der Waals surface area contributed by atoms with E-state index in [9.17, 15) is 36.6 Å². The number of carbonyl (C=O) groups excluding carboxylic acids is 2. The third kappa shape index (κ3) is 6.45. The molecule has 2 atom stereocenters. The number of benzene rings is 2. The quantitative estimate of drug-likeness (QED) is 0.329. The van der Waals surface area contributed by atoms with Gasteiger partial charge in [-0.15, -0.1) is 0 Å². The van der Waals surface area contributed by atoms with Crippen LogP contribution in [-0.4, -0.2) is 54.2 Å². The molecule has 2 N–H and O–H groups in total. The number of rotatable bonds is 7. The SMILES string of the molecule is CC(=O)N[C@H]1C[C@@H](CO)N(c2cc(-c3ccccc3Cl)c(N(C)C(=O)C(C)(C)c3cc(F)cc(F)c3C(F)(F)F)cn2)C1. The van der Waals surface area contributed by atoms with Crippen LogP contribution in [0.4, 0.5) is 33.5 Å². The van der Waals surface area contributed by atoms with E-state index in [0.29, 0.717) is 41.0 Å². The van der Waals surface area contributed by atoms with E-state index >= 15 is 0 Å². The maximum absolute atomic E-state index is 14.4. The lowest BCUT2D eigenvalue weighted by Crippen LogP contribution is -2.43. The number of likely N-dealkylation sites (N-methyl/N-ethyl adjacent to an activating group) is 1. The first-order valence-corrected chi connectivity index (χ1v) is 13.7. The molecule has 4 rings (SSSR count). The Morgan fingerprint density at radius 3 is 2.42 bits per heavy atom. The van der Waals surface area contributed by atoms with E-state index in [0.717, 1.165) is 18.7 Å². The van der Waals surface area contributed by atoms with Crippen molar-refractivity contribution in [1.29, 1.82) is 0 Å². The van der Waals surface area contributed by atoms with E-state index in [1.54, 1.807) is 30.3 Å². The molecule has 2 heterocycles. The second kappa shape index (κ2) is 12.1. The number of pyridine rings is 1. The summed E-state index contributed by atoms with van der Waals surface area (Å²) in [5.41, 5.74) is -3.59. The maximum Gasteiger partial charge on any atom is 0.419 e. The Morgan fingerprint density at radius 1 is 1.14 bits per heavy atom. The van der Waals surface area contributed by atoms with Crippen molar-refractivity contribution in [2.24, 2.45) is 0 Å². The Kier molecular flexibility index (Phi) is 9.03. The monoisotopic (exact) mass is 624 g/mol. The number of aliphatic hydroxyl groups excluding tert-OH is 1. The van der Waals surface area contributed by atoms with Gasteiger partial charge in [-0.25, -0.2) is 13.8 Å². The first-order valence-electron chi connectivity index (χ1n) is 13.3. The highest BCUT2D eigenvalue weighted by molar-refractivity contribution is 6.33. The van der Waals surface area contributed by atoms with E-state index in [4.69, 9.17) is 11.6 Å². The summed E-state index contributed by atoms with van der Waals surface area (Å²) >= 11 is 6.52. The minimum Gasteiger partial charge on any atom is -0.394 e. The number of anilines is 2. The van der Waals surface area contributed by atoms with Crippen molar-refractivity contribution in [2.75, 3.05) is 30.0 Å². The standard InChI is InChI=1S/C30H30ClF5N4O3/c1-16(42)38-18-11-19(15-41)40(14-18)26-12-21(20-7-5-6-8-23(20)31)25(13-37-26)39(4)28(43)29(2,3)22-9-17(32)10-24(33)27(22)30(34,35)36/h5-10,12-13,18-19,41H,11,14-15H2,1-4H3,(H,38,42)/t18-,19-/m0/s1. The van der Waals surface area contributed by atoms with Gasteiger partial charge in [0.2, 0.25) is 11.8 Å². The van der Waals surface area contributed by atoms with Gasteiger partial charge in [0.1, 0.15) is 17.5 Å². The van der Waals surface area contributed by atoms with Crippen LogP contribution < -0.4 is 15.1 Å². The molecule has 3 aromatic rings. The third-order valence-electron chi connectivity index (χ3n) is 7.57. The molecule has 43 heavy (non-hydrogen) atoms. The van der Waals surface area contributed by atoms with Crippen molar-refractivity contribution in [3.05, 3.63) is 76.4 Å². The molecule has 1 aliphatic rings. The van der Waals surface area contributed by atoms with Crippen molar-refractivity contribution < 1.29 is 36.6 Å². The summed E-state index contributed by atoms with van der Waals surface area (Å²) in [6.07, 6.45) is -3.39. The topological polar surface area (TPSA) is 85.8 Å². The molecule has 13 heteroatoms. The van der Waals surface area contributed by atoms with Gasteiger partial charge >= 0.3 is 6.18 Å². The van der Waals surface area contributed by atoms with Gasteiger partial charge in [0.25, 0.3) is 0 Å². The van der Waals surface area contributed by atoms with E-state index in [1.165, 1.54) is 20.2 Å². The molecule has 1 aromatic heterocycles. The van der Waals surface area contributed by atoms with Gasteiger partial charge in [0.05, 0.1) is 35.5 Å². The number of carbonyl (C=O) groups is 2. The number of hydrogen-bond acceptors (Lipinski definition) is 5. The van der Waals surface area contributed by atoms with Gasteiger partial charge in [-0.05, 0) is 44.0 Å². The zero-order valence-corrected chi connectivity index (χ0v) is 24.5. The van der Waals surface area contributed by atoms with Crippen LogP contribution >= 0.6 is 11.6 Å². The van der Waals surface area contributed by atoms with E-state index in [1.807, 2.05) is 4.90 Å². The van der Waals surface area contributed by atoms with Gasteiger partial charge in [-0.2, -0.15) is 13.2 Å². The van der Waals surface area contributed by atoms with Crippen LogP contribution in [-0.2, 0) is 21.2 Å². The fourth-order valence-corrected chi connectivity index (χ4v) is 5.76. The van der Waals surface area contributed by atoms with Crippen molar-refractivity contribution >= 4 is 34.9 Å². The maximum atomic E-state index is 14.4. The molecule has 0 bridgehead atoms. The zero-order valence-electron chi connectivity index (χ0n) is 23.8. The number of alkyl halides is 3. The molecule has 2 amide bonds. The Hall–Kier alpha value is -3.77. The van der Waals surface area contributed by atoms with Crippen LogP contribution in [0.1, 0.15) is 38.3 Å². The zero-order chi connectivity index (χ0) is 31.9. The molecule has 1 saturated heterocycles. The number of amides is 2. The molecule has 1 fully saturated rings. The summed E-state index contributed by atoms with van der Waals surface area (Å²) in [7, 11) is 1.32. The fourth-order valence-electron chi connectivity index (χ4n) is 5.52. The molecule has 0 spiro atoms. The molecule has 2 aromatic carbocycles. The van der Waals surface area contributed by atoms with Gasteiger partial charge in [-0.3, -0.25) is 9.59 Å². The molecule has 0 aliphatic carbocycles. The molecular formula is C30H30ClF5N4O3. The Bertz CT molecular complexity index is 1550. The second-order valence-electron chi connectivity index (χ2n) is 11.0. The lowest BCUT2D eigenvalue weighted by Gasteiger charge is -2.33. The predicted molar refractivity (Wildman–Crippen MR) is 153 cm³/mol. The van der Waals surface area contributed by atoms with Crippen LogP contribution in [0.3, 0.4) is 0 Å². The van der Waals surface area contributed by atoms with Crippen molar-refractivity contribution in [1.82, 2.24) is 10.3 Å². The smallest absolute Gasteiger partial charge is 0.394 e. The highest BCUT2D eigenvalue weighted by Gasteiger charge is 2.45. The summed E-state index contributed by atoms with van der Waals surface area (Å²) in [4.78, 5) is 32.9. The number of aliphatic hydroxyl groups is 1. The van der Waals surface area contributed by atoms with E-state index in [2.05, 4.69) is 10.3 Å². The summed E-state index contributed by atoms with van der Waals surface area (Å²) < 4.78 is 70.3. The van der Waals surface area contributed by atoms with Gasteiger partial charge in [-0.1, -0.05) is 29.8 Å². The van der Waals surface area contributed by atoms with Crippen molar-refractivity contribution in [3.8, 4) is 11.1 Å². The van der Waals surface area contributed by atoms with E-state index in [-0.39, 0.29) is 36.4 Å². The second-order valence-corrected chi connectivity index (χ2v) is 11.4. The van der Waals surface area contributed by atoms with Crippen LogP contribution in [0.15, 0.2) is 48.7 Å². The number of aromatic nitrogens is 1. The minimum absolute atomic E-state index is 0.128. The predicted octanol–water partition coefficient (Wildman–Crippen LogP) is 5.72. The average Bonchev–Trinajstić information content (AvgIpc) is 3.33. The summed E-state index contributed by atoms with van der Waals surface area (Å²) in [5.74, 6) is -3.80. The van der Waals surface area contributed by atoms with Gasteiger partial charge < -0.3 is 20.2 Å². The largest absolute Gasteiger partial charge is 0.419 e. The van der Waals surface area contributed by atoms with Crippen molar-refractivity contribution in [3.63, 3.8) is 0 Å². The molecule has 0 radical (unpaired) electrons. The first-order chi connectivity index (χ1) is 20.1. The average molecular weight is 625 g/mol. The van der Waals surface area contributed by atoms with Crippen LogP contribution in [0, 0.1) is 11.6 Å². The summed E-state index contributed by atoms with van der Waals surface area (Å²) in [5, 5.41) is 13.2. The Labute approximate surface area is 250 Å². The Morgan fingerprint density at radius 2 is 1.81 bits per heavy atom. The van der Waals surface area contributed by atoms with Gasteiger partial charge in [0.15, 0.2) is 0 Å². The van der Waals surface area contributed by atoms with Crippen LogP contribution in [0.2, 0.25) is 5.02 Å². The van der Waals surface area contributed by atoms with Crippen LogP contribution in [0.25, 0.3) is 11.1 Å². The number of halogens is 6. The summed E-state index contributed by atoms with van der Waals surface area (Å²) in [6.45, 7) is 3.82. The highest BCUT2D eigenvalue weighted by atomic mass is 35.5. The highest BCUT2D eigenvalue weighted by Crippen LogP contribution is 2.43. The molecule has 1 aliphatic heterocycles. The lowest BCUT2D eigenvalue weighted by atomic mass is 9.79. The van der Waals surface area contributed by atoms with Gasteiger partial charge in [0, 0.05) is 48.8 Å². The summed E-state index contributed by atoms with van der Waals surface area (Å²) in [6, 6.07) is 8.36.